The van der Waals surface area contributed by atoms with Crippen LogP contribution >= 0.6 is 0 Å². The van der Waals surface area contributed by atoms with Gasteiger partial charge in [0.2, 0.25) is 11.8 Å². The summed E-state index contributed by atoms with van der Waals surface area (Å²) in [4.78, 5) is 36.7. The van der Waals surface area contributed by atoms with Gasteiger partial charge in [0.1, 0.15) is 6.04 Å². The van der Waals surface area contributed by atoms with E-state index in [1.165, 1.54) is 0 Å². The molecule has 0 fully saturated rings. The van der Waals surface area contributed by atoms with Crippen LogP contribution in [0.25, 0.3) is 10.9 Å². The van der Waals surface area contributed by atoms with Crippen molar-refractivity contribution >= 4 is 28.6 Å². The fourth-order valence-electron chi connectivity index (χ4n) is 3.22. The van der Waals surface area contributed by atoms with Crippen molar-refractivity contribution in [2.45, 2.75) is 59.0 Å². The second-order valence-electron chi connectivity index (χ2n) is 8.48. The third-order valence-corrected chi connectivity index (χ3v) is 4.86. The van der Waals surface area contributed by atoms with Gasteiger partial charge in [-0.3, -0.25) is 19.1 Å². The number of fused-ring (bicyclic) bond motifs is 1. The SMILES string of the molecule is CC(C)(C)[C@H](NC(=O)c1nn(CCCCC#N)c2ccccc12)C(=O)NCCC(N)=O. The molecule has 0 bridgehead atoms. The molecule has 2 rings (SSSR count). The van der Waals surface area contributed by atoms with E-state index in [1.807, 2.05) is 45.0 Å². The van der Waals surface area contributed by atoms with Gasteiger partial charge in [0.15, 0.2) is 5.69 Å². The first kappa shape index (κ1) is 23.9. The monoisotopic (exact) mass is 426 g/mol. The zero-order valence-electron chi connectivity index (χ0n) is 18.3. The molecule has 0 radical (unpaired) electrons. The number of hydrogen-bond acceptors (Lipinski definition) is 5. The lowest BCUT2D eigenvalue weighted by Gasteiger charge is -2.30. The van der Waals surface area contributed by atoms with Gasteiger partial charge in [-0.15, -0.1) is 0 Å². The van der Waals surface area contributed by atoms with Gasteiger partial charge in [-0.05, 0) is 24.3 Å². The van der Waals surface area contributed by atoms with Crippen molar-refractivity contribution in [2.75, 3.05) is 6.54 Å². The Morgan fingerprint density at radius 3 is 2.58 bits per heavy atom. The number of unbranched alkanes of at least 4 members (excludes halogenated alkanes) is 2. The van der Waals surface area contributed by atoms with E-state index in [1.54, 1.807) is 4.68 Å². The van der Waals surface area contributed by atoms with Gasteiger partial charge in [0, 0.05) is 31.3 Å². The minimum atomic E-state index is -0.826. The van der Waals surface area contributed by atoms with Crippen LogP contribution in [0, 0.1) is 16.7 Å². The van der Waals surface area contributed by atoms with Crippen LogP contribution in [0.2, 0.25) is 0 Å². The normalized spacial score (nSPS) is 12.2. The van der Waals surface area contributed by atoms with E-state index in [-0.39, 0.29) is 24.6 Å². The highest BCUT2D eigenvalue weighted by atomic mass is 16.2. The highest BCUT2D eigenvalue weighted by molar-refractivity contribution is 6.06. The summed E-state index contributed by atoms with van der Waals surface area (Å²) in [5.41, 5.74) is 5.62. The minimum absolute atomic E-state index is 0.0252. The van der Waals surface area contributed by atoms with E-state index < -0.39 is 23.3 Å². The number of primary amides is 1. The molecule has 1 aromatic carbocycles. The van der Waals surface area contributed by atoms with Crippen molar-refractivity contribution in [1.82, 2.24) is 20.4 Å². The van der Waals surface area contributed by atoms with Crippen LogP contribution in [0.5, 0.6) is 0 Å². The van der Waals surface area contributed by atoms with E-state index in [0.29, 0.717) is 18.4 Å². The van der Waals surface area contributed by atoms with Gasteiger partial charge >= 0.3 is 0 Å². The highest BCUT2D eigenvalue weighted by Gasteiger charge is 2.34. The molecule has 4 N–H and O–H groups in total. The number of carbonyl (C=O) groups is 3. The van der Waals surface area contributed by atoms with E-state index in [4.69, 9.17) is 11.0 Å². The van der Waals surface area contributed by atoms with Crippen molar-refractivity contribution in [3.63, 3.8) is 0 Å². The molecule has 0 spiro atoms. The molecule has 0 aliphatic rings. The standard InChI is InChI=1S/C22H30N6O3/c1-22(2,3)19(21(31)25-13-11-17(24)29)26-20(30)18-15-9-5-6-10-16(15)28(27-18)14-8-4-7-12-23/h5-6,9-10,19H,4,7-8,11,13-14H2,1-3H3,(H2,24,29)(H,25,31)(H,26,30)/t19-/m1/s1. The predicted molar refractivity (Wildman–Crippen MR) is 117 cm³/mol. The first-order valence-corrected chi connectivity index (χ1v) is 10.3. The molecular formula is C22H30N6O3. The number of aromatic nitrogens is 2. The van der Waals surface area contributed by atoms with Crippen LogP contribution in [0.4, 0.5) is 0 Å². The predicted octanol–water partition coefficient (Wildman–Crippen LogP) is 1.87. The highest BCUT2D eigenvalue weighted by Crippen LogP contribution is 2.22. The topological polar surface area (TPSA) is 143 Å². The number of nitrogens with zero attached hydrogens (tertiary/aromatic N) is 3. The van der Waals surface area contributed by atoms with Gasteiger partial charge in [0.25, 0.3) is 5.91 Å². The molecule has 0 aliphatic carbocycles. The molecule has 1 heterocycles. The number of carbonyl (C=O) groups excluding carboxylic acids is 3. The van der Waals surface area contributed by atoms with Crippen molar-refractivity contribution in [3.8, 4) is 6.07 Å². The summed E-state index contributed by atoms with van der Waals surface area (Å²) in [6.45, 7) is 6.23. The summed E-state index contributed by atoms with van der Waals surface area (Å²) in [5.74, 6) is -1.34. The van der Waals surface area contributed by atoms with Crippen molar-refractivity contribution in [1.29, 1.82) is 5.26 Å². The number of rotatable bonds is 10. The number of nitriles is 1. The molecule has 0 unspecified atom stereocenters. The molecule has 1 atom stereocenters. The summed E-state index contributed by atoms with van der Waals surface area (Å²) in [6.07, 6.45) is 2.03. The smallest absolute Gasteiger partial charge is 0.273 e. The van der Waals surface area contributed by atoms with Crippen molar-refractivity contribution in [3.05, 3.63) is 30.0 Å². The zero-order valence-corrected chi connectivity index (χ0v) is 18.3. The Balaban J connectivity index is 2.22. The maximum Gasteiger partial charge on any atom is 0.273 e. The third-order valence-electron chi connectivity index (χ3n) is 4.86. The van der Waals surface area contributed by atoms with Crippen molar-refractivity contribution < 1.29 is 14.4 Å². The lowest BCUT2D eigenvalue weighted by atomic mass is 9.86. The minimum Gasteiger partial charge on any atom is -0.370 e. The molecule has 9 heteroatoms. The first-order chi connectivity index (χ1) is 14.6. The molecule has 0 aliphatic heterocycles. The average Bonchev–Trinajstić information content (AvgIpc) is 3.07. The maximum atomic E-state index is 13.1. The first-order valence-electron chi connectivity index (χ1n) is 10.3. The van der Waals surface area contributed by atoms with Crippen LogP contribution in [-0.2, 0) is 16.1 Å². The number of amides is 3. The average molecular weight is 427 g/mol. The summed E-state index contributed by atoms with van der Waals surface area (Å²) in [6, 6.07) is 8.72. The fraction of sp³-hybridized carbons (Fsp3) is 0.500. The van der Waals surface area contributed by atoms with Crippen LogP contribution in [0.3, 0.4) is 0 Å². The van der Waals surface area contributed by atoms with E-state index in [9.17, 15) is 14.4 Å². The third kappa shape index (κ3) is 6.54. The lowest BCUT2D eigenvalue weighted by molar-refractivity contribution is -0.125. The van der Waals surface area contributed by atoms with Crippen LogP contribution in [0.1, 0.15) is 56.9 Å². The van der Waals surface area contributed by atoms with Crippen molar-refractivity contribution in [2.24, 2.45) is 11.1 Å². The summed E-state index contributed by atoms with van der Waals surface area (Å²) in [5, 5.41) is 19.4. The second kappa shape index (κ2) is 10.6. The fourth-order valence-corrected chi connectivity index (χ4v) is 3.22. The molecule has 2 aromatic rings. The quantitative estimate of drug-likeness (QED) is 0.497. The van der Waals surface area contributed by atoms with Gasteiger partial charge in [0.05, 0.1) is 11.6 Å². The van der Waals surface area contributed by atoms with E-state index >= 15 is 0 Å². The number of para-hydroxylation sites is 1. The summed E-state index contributed by atoms with van der Waals surface area (Å²) < 4.78 is 1.76. The Kier molecular flexibility index (Phi) is 8.14. The summed E-state index contributed by atoms with van der Waals surface area (Å²) in [7, 11) is 0. The number of hydrogen-bond donors (Lipinski definition) is 3. The molecule has 0 saturated heterocycles. The Hall–Kier alpha value is -3.41. The number of nitrogens with one attached hydrogen (secondary N) is 2. The Bertz CT molecular complexity index is 983. The molecular weight excluding hydrogens is 396 g/mol. The second-order valence-corrected chi connectivity index (χ2v) is 8.48. The summed E-state index contributed by atoms with van der Waals surface area (Å²) >= 11 is 0. The van der Waals surface area contributed by atoms with E-state index in [2.05, 4.69) is 21.8 Å². The zero-order chi connectivity index (χ0) is 23.0. The van der Waals surface area contributed by atoms with Gasteiger partial charge < -0.3 is 16.4 Å². The number of nitrogens with two attached hydrogens (primary N) is 1. The molecule has 1 aromatic heterocycles. The number of benzene rings is 1. The van der Waals surface area contributed by atoms with E-state index in [0.717, 1.165) is 18.4 Å². The Morgan fingerprint density at radius 1 is 1.23 bits per heavy atom. The lowest BCUT2D eigenvalue weighted by Crippen LogP contribution is -2.54. The largest absolute Gasteiger partial charge is 0.370 e. The molecule has 9 nitrogen and oxygen atoms in total. The number of aryl methyl sites for hydroxylation is 1. The van der Waals surface area contributed by atoms with Gasteiger partial charge in [-0.1, -0.05) is 39.0 Å². The molecule has 3 amide bonds. The van der Waals surface area contributed by atoms with Crippen LogP contribution < -0.4 is 16.4 Å². The van der Waals surface area contributed by atoms with Gasteiger partial charge in [-0.2, -0.15) is 10.4 Å². The molecule has 166 valence electrons. The van der Waals surface area contributed by atoms with Gasteiger partial charge in [-0.25, -0.2) is 0 Å². The molecule has 0 saturated carbocycles. The maximum absolute atomic E-state index is 13.1. The molecule has 31 heavy (non-hydrogen) atoms. The van der Waals surface area contributed by atoms with Crippen LogP contribution in [0.15, 0.2) is 24.3 Å². The Morgan fingerprint density at radius 2 is 1.94 bits per heavy atom. The Labute approximate surface area is 182 Å². The van der Waals surface area contributed by atoms with Crippen LogP contribution in [-0.4, -0.2) is 40.1 Å².